The number of benzene rings is 1. The summed E-state index contributed by atoms with van der Waals surface area (Å²) >= 11 is 0. The predicted molar refractivity (Wildman–Crippen MR) is 79.9 cm³/mol. The normalized spacial score (nSPS) is 11.1. The average molecular weight is 277 g/mol. The summed E-state index contributed by atoms with van der Waals surface area (Å²) in [5.74, 6) is -0.347. The number of rotatable bonds is 7. The molecular weight excluding hydrogens is 254 g/mol. The summed E-state index contributed by atoms with van der Waals surface area (Å²) in [6.45, 7) is 4.29. The van der Waals surface area contributed by atoms with Crippen LogP contribution in [0.5, 0.6) is 0 Å². The fourth-order valence-electron chi connectivity index (χ4n) is 1.88. The summed E-state index contributed by atoms with van der Waals surface area (Å²) in [4.78, 5) is 22.8. The highest BCUT2D eigenvalue weighted by Gasteiger charge is 2.29. The van der Waals surface area contributed by atoms with E-state index < -0.39 is 5.41 Å². The van der Waals surface area contributed by atoms with Crippen molar-refractivity contribution in [3.63, 3.8) is 0 Å². The Morgan fingerprint density at radius 3 is 2.30 bits per heavy atom. The van der Waals surface area contributed by atoms with E-state index >= 15 is 0 Å². The zero-order chi connectivity index (χ0) is 15.2. The number of unbranched alkanes of at least 4 members (excludes halogenated alkanes) is 1. The minimum Gasteiger partial charge on any atom is -0.399 e. The number of amides is 2. The standard InChI is InChI=1S/C15H23N3O2/c1-15(2,11-6-8-12(16)9-7-11)14(20)18-10-4-3-5-13(17)19/h6-9H,3-5,10,16H2,1-2H3,(H2,17,19)(H,18,20). The first kappa shape index (κ1) is 16.0. The molecule has 0 aromatic heterocycles. The lowest BCUT2D eigenvalue weighted by atomic mass is 9.83. The average Bonchev–Trinajstić information content (AvgIpc) is 2.38. The highest BCUT2D eigenvalue weighted by atomic mass is 16.2. The number of anilines is 1. The molecule has 0 fully saturated rings. The highest BCUT2D eigenvalue weighted by Crippen LogP contribution is 2.24. The minimum atomic E-state index is -0.614. The lowest BCUT2D eigenvalue weighted by molar-refractivity contribution is -0.125. The predicted octanol–water partition coefficient (Wildman–Crippen LogP) is 1.32. The molecule has 5 N–H and O–H groups in total. The van der Waals surface area contributed by atoms with Gasteiger partial charge in [0.2, 0.25) is 11.8 Å². The van der Waals surface area contributed by atoms with E-state index in [-0.39, 0.29) is 11.8 Å². The highest BCUT2D eigenvalue weighted by molar-refractivity contribution is 5.87. The van der Waals surface area contributed by atoms with Gasteiger partial charge in [0.15, 0.2) is 0 Å². The molecule has 5 nitrogen and oxygen atoms in total. The summed E-state index contributed by atoms with van der Waals surface area (Å²) in [6.07, 6.45) is 1.79. The van der Waals surface area contributed by atoms with Gasteiger partial charge in [0.25, 0.3) is 0 Å². The van der Waals surface area contributed by atoms with Gasteiger partial charge in [-0.05, 0) is 44.4 Å². The van der Waals surface area contributed by atoms with Crippen LogP contribution in [0, 0.1) is 0 Å². The summed E-state index contributed by atoms with van der Waals surface area (Å²) in [6, 6.07) is 7.30. The molecule has 0 aliphatic rings. The molecule has 0 aliphatic carbocycles. The van der Waals surface area contributed by atoms with Crippen molar-refractivity contribution in [2.24, 2.45) is 5.73 Å². The zero-order valence-corrected chi connectivity index (χ0v) is 12.1. The van der Waals surface area contributed by atoms with E-state index in [1.165, 1.54) is 0 Å². The number of primary amides is 1. The first-order valence-corrected chi connectivity index (χ1v) is 6.76. The van der Waals surface area contributed by atoms with E-state index in [4.69, 9.17) is 11.5 Å². The summed E-state index contributed by atoms with van der Waals surface area (Å²) in [5.41, 5.74) is 11.7. The van der Waals surface area contributed by atoms with Gasteiger partial charge in [-0.3, -0.25) is 9.59 Å². The zero-order valence-electron chi connectivity index (χ0n) is 12.1. The Kier molecular flexibility index (Phi) is 5.55. The lowest BCUT2D eigenvalue weighted by Gasteiger charge is -2.24. The monoisotopic (exact) mass is 277 g/mol. The quantitative estimate of drug-likeness (QED) is 0.518. The van der Waals surface area contributed by atoms with Crippen molar-refractivity contribution in [3.05, 3.63) is 29.8 Å². The Bertz CT molecular complexity index is 467. The van der Waals surface area contributed by atoms with Crippen LogP contribution in [0.3, 0.4) is 0 Å². The van der Waals surface area contributed by atoms with Gasteiger partial charge < -0.3 is 16.8 Å². The number of nitrogens with one attached hydrogen (secondary N) is 1. The molecule has 0 atom stereocenters. The maximum absolute atomic E-state index is 12.2. The van der Waals surface area contributed by atoms with Gasteiger partial charge in [-0.15, -0.1) is 0 Å². The fourth-order valence-corrected chi connectivity index (χ4v) is 1.88. The summed E-state index contributed by atoms with van der Waals surface area (Å²) < 4.78 is 0. The third-order valence-corrected chi connectivity index (χ3v) is 3.34. The van der Waals surface area contributed by atoms with Gasteiger partial charge in [-0.25, -0.2) is 0 Å². The van der Waals surface area contributed by atoms with Crippen LogP contribution in [-0.4, -0.2) is 18.4 Å². The molecule has 0 aliphatic heterocycles. The van der Waals surface area contributed by atoms with Crippen molar-refractivity contribution in [1.82, 2.24) is 5.32 Å². The Hall–Kier alpha value is -2.04. The van der Waals surface area contributed by atoms with E-state index in [9.17, 15) is 9.59 Å². The van der Waals surface area contributed by atoms with Crippen molar-refractivity contribution >= 4 is 17.5 Å². The Labute approximate surface area is 119 Å². The number of nitrogen functional groups attached to an aromatic ring is 1. The molecule has 0 radical (unpaired) electrons. The van der Waals surface area contributed by atoms with Crippen LogP contribution in [-0.2, 0) is 15.0 Å². The van der Waals surface area contributed by atoms with Crippen LogP contribution in [0.15, 0.2) is 24.3 Å². The van der Waals surface area contributed by atoms with Gasteiger partial charge in [0, 0.05) is 18.7 Å². The third-order valence-electron chi connectivity index (χ3n) is 3.34. The number of nitrogens with two attached hydrogens (primary N) is 2. The molecule has 0 saturated carbocycles. The van der Waals surface area contributed by atoms with Gasteiger partial charge in [-0.2, -0.15) is 0 Å². The smallest absolute Gasteiger partial charge is 0.230 e. The maximum Gasteiger partial charge on any atom is 0.230 e. The topological polar surface area (TPSA) is 98.2 Å². The van der Waals surface area contributed by atoms with Crippen molar-refractivity contribution < 1.29 is 9.59 Å². The molecule has 0 spiro atoms. The second kappa shape index (κ2) is 6.93. The largest absolute Gasteiger partial charge is 0.399 e. The first-order chi connectivity index (χ1) is 9.34. The molecule has 0 heterocycles. The second-order valence-corrected chi connectivity index (χ2v) is 5.43. The van der Waals surface area contributed by atoms with E-state index in [1.54, 1.807) is 12.1 Å². The summed E-state index contributed by atoms with van der Waals surface area (Å²) in [5, 5.41) is 2.89. The molecule has 1 aromatic rings. The van der Waals surface area contributed by atoms with E-state index in [0.717, 1.165) is 12.0 Å². The number of hydrogen-bond donors (Lipinski definition) is 3. The first-order valence-electron chi connectivity index (χ1n) is 6.76. The Morgan fingerprint density at radius 1 is 1.15 bits per heavy atom. The van der Waals surface area contributed by atoms with E-state index in [0.29, 0.717) is 25.1 Å². The minimum absolute atomic E-state index is 0.0404. The van der Waals surface area contributed by atoms with E-state index in [2.05, 4.69) is 5.32 Å². The van der Waals surface area contributed by atoms with Crippen LogP contribution in [0.25, 0.3) is 0 Å². The van der Waals surface area contributed by atoms with Crippen LogP contribution >= 0.6 is 0 Å². The molecule has 1 aromatic carbocycles. The molecule has 20 heavy (non-hydrogen) atoms. The molecule has 0 saturated heterocycles. The van der Waals surface area contributed by atoms with Crippen molar-refractivity contribution in [1.29, 1.82) is 0 Å². The van der Waals surface area contributed by atoms with Crippen LogP contribution in [0.1, 0.15) is 38.7 Å². The van der Waals surface area contributed by atoms with E-state index in [1.807, 2.05) is 26.0 Å². The Balaban J connectivity index is 2.48. The number of carbonyl (C=O) groups excluding carboxylic acids is 2. The number of carbonyl (C=O) groups is 2. The third kappa shape index (κ3) is 4.57. The summed E-state index contributed by atoms with van der Waals surface area (Å²) in [7, 11) is 0. The van der Waals surface area contributed by atoms with Gasteiger partial charge in [0.1, 0.15) is 0 Å². The molecule has 2 amide bonds. The second-order valence-electron chi connectivity index (χ2n) is 5.43. The van der Waals surface area contributed by atoms with Gasteiger partial charge >= 0.3 is 0 Å². The van der Waals surface area contributed by atoms with Crippen molar-refractivity contribution in [2.45, 2.75) is 38.5 Å². The Morgan fingerprint density at radius 2 is 1.75 bits per heavy atom. The SMILES string of the molecule is CC(C)(C(=O)NCCCCC(N)=O)c1ccc(N)cc1. The molecule has 1 rings (SSSR count). The lowest BCUT2D eigenvalue weighted by Crippen LogP contribution is -2.40. The molecule has 110 valence electrons. The molecule has 0 unspecified atom stereocenters. The molecule has 0 bridgehead atoms. The maximum atomic E-state index is 12.2. The van der Waals surface area contributed by atoms with Crippen LogP contribution < -0.4 is 16.8 Å². The van der Waals surface area contributed by atoms with Gasteiger partial charge in [0.05, 0.1) is 5.41 Å². The van der Waals surface area contributed by atoms with Crippen LogP contribution in [0.4, 0.5) is 5.69 Å². The van der Waals surface area contributed by atoms with Gasteiger partial charge in [-0.1, -0.05) is 12.1 Å². The van der Waals surface area contributed by atoms with Crippen LogP contribution in [0.2, 0.25) is 0 Å². The van der Waals surface area contributed by atoms with Crippen molar-refractivity contribution in [3.8, 4) is 0 Å². The number of hydrogen-bond acceptors (Lipinski definition) is 3. The fraction of sp³-hybridized carbons (Fsp3) is 0.467. The van der Waals surface area contributed by atoms with Crippen molar-refractivity contribution in [2.75, 3.05) is 12.3 Å². The molecular formula is C15H23N3O2. The molecule has 5 heteroatoms.